The van der Waals surface area contributed by atoms with Crippen LogP contribution in [-0.2, 0) is 0 Å². The monoisotopic (exact) mass is 124 g/mol. The smallest absolute Gasteiger partial charge is 0.0204 e. The Labute approximate surface area is 57.4 Å². The van der Waals surface area contributed by atoms with Crippen LogP contribution in [0.5, 0.6) is 0 Å². The summed E-state index contributed by atoms with van der Waals surface area (Å²) in [6, 6.07) is 0. The number of piperidine rings is 1. The molecule has 9 heavy (non-hydrogen) atoms. The first-order valence-electron chi connectivity index (χ1n) is 3.62. The number of allylic oxidation sites excluding steroid dienone is 1. The van der Waals surface area contributed by atoms with Crippen molar-refractivity contribution in [3.63, 3.8) is 0 Å². The van der Waals surface area contributed by atoms with E-state index in [1.807, 2.05) is 0 Å². The van der Waals surface area contributed by atoms with Gasteiger partial charge in [-0.2, -0.15) is 0 Å². The maximum atomic E-state index is 2.34. The summed E-state index contributed by atoms with van der Waals surface area (Å²) >= 11 is 0. The third-order valence-corrected chi connectivity index (χ3v) is 1.58. The molecule has 0 bridgehead atoms. The summed E-state index contributed by atoms with van der Waals surface area (Å²) in [4.78, 5) is 2.34. The van der Waals surface area contributed by atoms with E-state index in [0.29, 0.717) is 0 Å². The highest BCUT2D eigenvalue weighted by Gasteiger charge is 2.03. The molecule has 1 aliphatic heterocycles. The predicted molar refractivity (Wildman–Crippen MR) is 39.9 cm³/mol. The van der Waals surface area contributed by atoms with Crippen molar-refractivity contribution < 1.29 is 0 Å². The molecular weight excluding hydrogens is 110 g/mol. The molecule has 0 atom stereocenters. The van der Waals surface area contributed by atoms with Crippen molar-refractivity contribution >= 4 is 0 Å². The number of nitrogens with zero attached hydrogens (tertiary/aromatic N) is 1. The number of hydrogen-bond acceptors (Lipinski definition) is 1. The quantitative estimate of drug-likeness (QED) is 0.515. The fraction of sp³-hybridized carbons (Fsp3) is 0.625. The topological polar surface area (TPSA) is 3.24 Å². The first kappa shape index (κ1) is 6.66. The van der Waals surface area contributed by atoms with Crippen molar-refractivity contribution in [2.24, 2.45) is 0 Å². The minimum Gasteiger partial charge on any atom is -0.377 e. The number of likely N-dealkylation sites (tertiary alicyclic amines) is 1. The van der Waals surface area contributed by atoms with Gasteiger partial charge >= 0.3 is 0 Å². The van der Waals surface area contributed by atoms with Crippen LogP contribution in [0.3, 0.4) is 0 Å². The van der Waals surface area contributed by atoms with Crippen LogP contribution in [-0.4, -0.2) is 18.0 Å². The van der Waals surface area contributed by atoms with Crippen LogP contribution < -0.4 is 0 Å². The van der Waals surface area contributed by atoms with Crippen LogP contribution >= 0.6 is 0 Å². The molecule has 1 heterocycles. The molecule has 51 valence electrons. The van der Waals surface area contributed by atoms with Gasteiger partial charge in [-0.25, -0.2) is 0 Å². The standard InChI is InChI=1S/C8H14N/c1-2-6-9-7-4-3-5-8-9/h2,4,6H,3,5,7-8H2,1H3. The maximum Gasteiger partial charge on any atom is 0.0204 e. The third kappa shape index (κ3) is 2.08. The lowest BCUT2D eigenvalue weighted by molar-refractivity contribution is 0.355. The predicted octanol–water partition coefficient (Wildman–Crippen LogP) is 1.82. The number of hydrogen-bond donors (Lipinski definition) is 0. The Morgan fingerprint density at radius 2 is 2.44 bits per heavy atom. The Morgan fingerprint density at radius 1 is 1.56 bits per heavy atom. The SMILES string of the molecule is CC=CN1C[CH]CCC1. The zero-order valence-electron chi connectivity index (χ0n) is 6.01. The van der Waals surface area contributed by atoms with Crippen LogP contribution in [0.2, 0.25) is 0 Å². The van der Waals surface area contributed by atoms with Gasteiger partial charge in [-0.1, -0.05) is 6.08 Å². The van der Waals surface area contributed by atoms with Gasteiger partial charge in [-0.05, 0) is 32.4 Å². The van der Waals surface area contributed by atoms with E-state index in [2.05, 4.69) is 30.5 Å². The lowest BCUT2D eigenvalue weighted by atomic mass is 10.1. The van der Waals surface area contributed by atoms with E-state index in [9.17, 15) is 0 Å². The Morgan fingerprint density at radius 3 is 3.00 bits per heavy atom. The van der Waals surface area contributed by atoms with E-state index in [0.717, 1.165) is 6.54 Å². The largest absolute Gasteiger partial charge is 0.377 e. The molecule has 0 amide bonds. The normalized spacial score (nSPS) is 21.2. The Balaban J connectivity index is 2.23. The van der Waals surface area contributed by atoms with Gasteiger partial charge in [0.1, 0.15) is 0 Å². The minimum absolute atomic E-state index is 1.14. The number of rotatable bonds is 1. The molecule has 0 aliphatic carbocycles. The zero-order chi connectivity index (χ0) is 6.53. The third-order valence-electron chi connectivity index (χ3n) is 1.58. The zero-order valence-corrected chi connectivity index (χ0v) is 6.01. The van der Waals surface area contributed by atoms with E-state index < -0.39 is 0 Å². The van der Waals surface area contributed by atoms with E-state index >= 15 is 0 Å². The van der Waals surface area contributed by atoms with Gasteiger partial charge in [-0.3, -0.25) is 0 Å². The summed E-state index contributed by atoms with van der Waals surface area (Å²) in [5.41, 5.74) is 0. The summed E-state index contributed by atoms with van der Waals surface area (Å²) in [5, 5.41) is 0. The average molecular weight is 124 g/mol. The molecule has 0 aromatic rings. The van der Waals surface area contributed by atoms with Crippen LogP contribution in [0.4, 0.5) is 0 Å². The lowest BCUT2D eigenvalue weighted by Crippen LogP contribution is -2.24. The molecule has 1 aliphatic rings. The average Bonchev–Trinajstić information content (AvgIpc) is 1.91. The molecule has 0 N–H and O–H groups in total. The Bertz CT molecular complexity index is 90.7. The lowest BCUT2D eigenvalue weighted by Gasteiger charge is -2.24. The first-order valence-corrected chi connectivity index (χ1v) is 3.62. The minimum atomic E-state index is 1.14. The van der Waals surface area contributed by atoms with Gasteiger partial charge in [0.25, 0.3) is 0 Å². The van der Waals surface area contributed by atoms with Gasteiger partial charge < -0.3 is 4.90 Å². The van der Waals surface area contributed by atoms with Gasteiger partial charge in [0, 0.05) is 13.1 Å². The molecule has 1 nitrogen and oxygen atoms in total. The molecule has 0 spiro atoms. The summed E-state index contributed by atoms with van der Waals surface area (Å²) < 4.78 is 0. The van der Waals surface area contributed by atoms with Crippen molar-refractivity contribution in [2.45, 2.75) is 19.8 Å². The van der Waals surface area contributed by atoms with Crippen molar-refractivity contribution in [3.05, 3.63) is 18.7 Å². The second-order valence-electron chi connectivity index (χ2n) is 2.41. The van der Waals surface area contributed by atoms with E-state index in [-0.39, 0.29) is 0 Å². The fourth-order valence-corrected chi connectivity index (χ4v) is 1.13. The molecular formula is C8H14N. The van der Waals surface area contributed by atoms with Crippen LogP contribution in [0.25, 0.3) is 0 Å². The van der Waals surface area contributed by atoms with Crippen molar-refractivity contribution in [3.8, 4) is 0 Å². The van der Waals surface area contributed by atoms with Crippen LogP contribution in [0, 0.1) is 6.42 Å². The van der Waals surface area contributed by atoms with E-state index in [1.54, 1.807) is 0 Å². The molecule has 1 heteroatoms. The second kappa shape index (κ2) is 3.54. The van der Waals surface area contributed by atoms with Crippen LogP contribution in [0.15, 0.2) is 12.3 Å². The van der Waals surface area contributed by atoms with Crippen molar-refractivity contribution in [1.82, 2.24) is 4.90 Å². The summed E-state index contributed by atoms with van der Waals surface area (Å²) in [7, 11) is 0. The van der Waals surface area contributed by atoms with E-state index in [4.69, 9.17) is 0 Å². The summed E-state index contributed by atoms with van der Waals surface area (Å²) in [6.07, 6.45) is 9.22. The summed E-state index contributed by atoms with van der Waals surface area (Å²) in [5.74, 6) is 0. The van der Waals surface area contributed by atoms with Gasteiger partial charge in [0.15, 0.2) is 0 Å². The highest BCUT2D eigenvalue weighted by atomic mass is 15.1. The molecule has 1 rings (SSSR count). The summed E-state index contributed by atoms with van der Waals surface area (Å²) in [6.45, 7) is 4.44. The van der Waals surface area contributed by atoms with Gasteiger partial charge in [-0.15, -0.1) is 0 Å². The fourth-order valence-electron chi connectivity index (χ4n) is 1.13. The maximum absolute atomic E-state index is 2.34. The molecule has 0 saturated carbocycles. The highest BCUT2D eigenvalue weighted by molar-refractivity contribution is 4.86. The Kier molecular flexibility index (Phi) is 2.62. The molecule has 1 radical (unpaired) electrons. The van der Waals surface area contributed by atoms with Crippen molar-refractivity contribution in [2.75, 3.05) is 13.1 Å². The Hall–Kier alpha value is -0.460. The van der Waals surface area contributed by atoms with Crippen LogP contribution in [0.1, 0.15) is 19.8 Å². The first-order chi connectivity index (χ1) is 4.43. The van der Waals surface area contributed by atoms with E-state index in [1.165, 1.54) is 19.4 Å². The van der Waals surface area contributed by atoms with Gasteiger partial charge in [0.05, 0.1) is 0 Å². The molecule has 0 aromatic heterocycles. The van der Waals surface area contributed by atoms with Crippen molar-refractivity contribution in [1.29, 1.82) is 0 Å². The second-order valence-corrected chi connectivity index (χ2v) is 2.41. The molecule has 0 unspecified atom stereocenters. The van der Waals surface area contributed by atoms with Gasteiger partial charge in [0.2, 0.25) is 0 Å². The highest BCUT2D eigenvalue weighted by Crippen LogP contribution is 2.06. The molecule has 1 saturated heterocycles. The molecule has 0 aromatic carbocycles. The molecule has 1 fully saturated rings.